The lowest BCUT2D eigenvalue weighted by Gasteiger charge is -2.21. The number of hydrogen-bond donors (Lipinski definition) is 2. The number of hydrogen-bond acceptors (Lipinski definition) is 4. The Labute approximate surface area is 150 Å². The Morgan fingerprint density at radius 3 is 2.48 bits per heavy atom. The molecule has 1 aromatic rings. The minimum atomic E-state index is 0.397. The second-order valence-corrected chi connectivity index (χ2v) is 6.81. The SMILES string of the molecule is CCNC(=NCC1CC1)NC1CCN(c2cc(OC)cc(OC)c2)C1. The highest BCUT2D eigenvalue weighted by atomic mass is 16.5. The fourth-order valence-corrected chi connectivity index (χ4v) is 3.12. The van der Waals surface area contributed by atoms with Crippen LogP contribution in [-0.2, 0) is 0 Å². The molecule has 25 heavy (non-hydrogen) atoms. The van der Waals surface area contributed by atoms with Crippen LogP contribution in [0.2, 0.25) is 0 Å². The zero-order chi connectivity index (χ0) is 17.6. The van der Waals surface area contributed by atoms with Crippen molar-refractivity contribution in [3.8, 4) is 11.5 Å². The molecule has 0 amide bonds. The van der Waals surface area contributed by atoms with E-state index in [1.54, 1.807) is 14.2 Å². The van der Waals surface area contributed by atoms with Crippen LogP contribution in [0.25, 0.3) is 0 Å². The second kappa shape index (κ2) is 8.32. The zero-order valence-corrected chi connectivity index (χ0v) is 15.5. The number of methoxy groups -OCH3 is 2. The molecule has 1 aromatic carbocycles. The Balaban J connectivity index is 1.61. The van der Waals surface area contributed by atoms with Crippen molar-refractivity contribution in [3.05, 3.63) is 18.2 Å². The highest BCUT2D eigenvalue weighted by Gasteiger charge is 2.25. The van der Waals surface area contributed by atoms with Crippen LogP contribution < -0.4 is 25.0 Å². The lowest BCUT2D eigenvalue weighted by molar-refractivity contribution is 0.394. The summed E-state index contributed by atoms with van der Waals surface area (Å²) in [5, 5.41) is 6.96. The molecule has 2 aliphatic rings. The van der Waals surface area contributed by atoms with Gasteiger partial charge in [-0.25, -0.2) is 0 Å². The Morgan fingerprint density at radius 2 is 1.88 bits per heavy atom. The fourth-order valence-electron chi connectivity index (χ4n) is 3.12. The summed E-state index contributed by atoms with van der Waals surface area (Å²) >= 11 is 0. The van der Waals surface area contributed by atoms with Gasteiger partial charge in [0.25, 0.3) is 0 Å². The molecule has 0 aromatic heterocycles. The molecule has 1 heterocycles. The molecule has 0 radical (unpaired) electrons. The third-order valence-electron chi connectivity index (χ3n) is 4.78. The van der Waals surface area contributed by atoms with Crippen LogP contribution in [0.3, 0.4) is 0 Å². The van der Waals surface area contributed by atoms with Crippen LogP contribution in [0.15, 0.2) is 23.2 Å². The van der Waals surface area contributed by atoms with Gasteiger partial charge in [0, 0.05) is 56.1 Å². The van der Waals surface area contributed by atoms with Crippen LogP contribution in [0.4, 0.5) is 5.69 Å². The predicted molar refractivity (Wildman–Crippen MR) is 102 cm³/mol. The van der Waals surface area contributed by atoms with Crippen molar-refractivity contribution in [3.63, 3.8) is 0 Å². The first-order valence-electron chi connectivity index (χ1n) is 9.24. The van der Waals surface area contributed by atoms with Gasteiger partial charge in [0.15, 0.2) is 5.96 Å². The van der Waals surface area contributed by atoms with Crippen LogP contribution in [-0.4, -0.2) is 52.4 Å². The van der Waals surface area contributed by atoms with E-state index in [1.807, 2.05) is 6.07 Å². The molecule has 3 rings (SSSR count). The fraction of sp³-hybridized carbons (Fsp3) is 0.632. The van der Waals surface area contributed by atoms with Crippen molar-refractivity contribution in [2.24, 2.45) is 10.9 Å². The third kappa shape index (κ3) is 4.94. The van der Waals surface area contributed by atoms with Gasteiger partial charge >= 0.3 is 0 Å². The second-order valence-electron chi connectivity index (χ2n) is 6.81. The van der Waals surface area contributed by atoms with Gasteiger partial charge in [-0.15, -0.1) is 0 Å². The molecule has 1 aliphatic heterocycles. The van der Waals surface area contributed by atoms with E-state index in [4.69, 9.17) is 14.5 Å². The smallest absolute Gasteiger partial charge is 0.191 e. The number of rotatable bonds is 7. The number of ether oxygens (including phenoxy) is 2. The Hall–Kier alpha value is -2.11. The highest BCUT2D eigenvalue weighted by Crippen LogP contribution is 2.30. The molecule has 2 N–H and O–H groups in total. The maximum Gasteiger partial charge on any atom is 0.191 e. The molecule has 0 spiro atoms. The summed E-state index contributed by atoms with van der Waals surface area (Å²) in [6, 6.07) is 6.44. The van der Waals surface area contributed by atoms with Gasteiger partial charge < -0.3 is 25.0 Å². The zero-order valence-electron chi connectivity index (χ0n) is 15.5. The molecule has 0 bridgehead atoms. The molecule has 138 valence electrons. The largest absolute Gasteiger partial charge is 0.497 e. The Kier molecular flexibility index (Phi) is 5.89. The van der Waals surface area contributed by atoms with Gasteiger partial charge in [-0.2, -0.15) is 0 Å². The van der Waals surface area contributed by atoms with Gasteiger partial charge in [0.1, 0.15) is 11.5 Å². The van der Waals surface area contributed by atoms with Gasteiger partial charge in [0.05, 0.1) is 14.2 Å². The van der Waals surface area contributed by atoms with Gasteiger partial charge in [0.2, 0.25) is 0 Å². The van der Waals surface area contributed by atoms with Crippen molar-refractivity contribution >= 4 is 11.6 Å². The van der Waals surface area contributed by atoms with E-state index in [0.717, 1.165) is 61.7 Å². The minimum Gasteiger partial charge on any atom is -0.497 e. The monoisotopic (exact) mass is 346 g/mol. The molecule has 1 aliphatic carbocycles. The van der Waals surface area contributed by atoms with Gasteiger partial charge in [-0.1, -0.05) is 0 Å². The molecule has 1 saturated heterocycles. The topological polar surface area (TPSA) is 58.1 Å². The maximum atomic E-state index is 5.39. The summed E-state index contributed by atoms with van der Waals surface area (Å²) in [5.74, 6) is 3.40. The average molecular weight is 346 g/mol. The van der Waals surface area contributed by atoms with Gasteiger partial charge in [-0.05, 0) is 32.1 Å². The summed E-state index contributed by atoms with van der Waals surface area (Å²) in [5.41, 5.74) is 1.14. The molecular formula is C19H30N4O2. The van der Waals surface area contributed by atoms with E-state index in [2.05, 4.69) is 34.6 Å². The first-order chi connectivity index (χ1) is 12.2. The standard InChI is InChI=1S/C19H30N4O2/c1-4-20-19(21-12-14-5-6-14)22-15-7-8-23(13-15)16-9-17(24-2)11-18(10-16)25-3/h9-11,14-15H,4-8,12-13H2,1-3H3,(H2,20,21,22). The van der Waals surface area contributed by atoms with Crippen LogP contribution in [0, 0.1) is 5.92 Å². The van der Waals surface area contributed by atoms with E-state index in [1.165, 1.54) is 12.8 Å². The first kappa shape index (κ1) is 17.7. The highest BCUT2D eigenvalue weighted by molar-refractivity contribution is 5.80. The first-order valence-corrected chi connectivity index (χ1v) is 9.24. The molecule has 6 heteroatoms. The Bertz CT molecular complexity index is 579. The number of anilines is 1. The molecule has 2 fully saturated rings. The van der Waals surface area contributed by atoms with E-state index in [-0.39, 0.29) is 0 Å². The molecule has 1 unspecified atom stereocenters. The van der Waals surface area contributed by atoms with Gasteiger partial charge in [-0.3, -0.25) is 4.99 Å². The molecular weight excluding hydrogens is 316 g/mol. The lowest BCUT2D eigenvalue weighted by atomic mass is 10.2. The van der Waals surface area contributed by atoms with Crippen molar-refractivity contribution in [2.75, 3.05) is 45.3 Å². The molecule has 1 saturated carbocycles. The quantitative estimate of drug-likeness (QED) is 0.586. The van der Waals surface area contributed by atoms with Crippen molar-refractivity contribution in [1.29, 1.82) is 0 Å². The summed E-state index contributed by atoms with van der Waals surface area (Å²) in [6.45, 7) is 5.90. The van der Waals surface area contributed by atoms with E-state index < -0.39 is 0 Å². The number of aliphatic imine (C=N–C) groups is 1. The Morgan fingerprint density at radius 1 is 1.16 bits per heavy atom. The van der Waals surface area contributed by atoms with Crippen molar-refractivity contribution in [1.82, 2.24) is 10.6 Å². The summed E-state index contributed by atoms with van der Waals surface area (Å²) in [6.07, 6.45) is 3.75. The lowest BCUT2D eigenvalue weighted by Crippen LogP contribution is -2.44. The summed E-state index contributed by atoms with van der Waals surface area (Å²) in [7, 11) is 3.37. The number of benzene rings is 1. The van der Waals surface area contributed by atoms with Crippen molar-refractivity contribution < 1.29 is 9.47 Å². The number of nitrogens with one attached hydrogen (secondary N) is 2. The predicted octanol–water partition coefficient (Wildman–Crippen LogP) is 2.25. The van der Waals surface area contributed by atoms with Crippen molar-refractivity contribution in [2.45, 2.75) is 32.2 Å². The van der Waals surface area contributed by atoms with Crippen LogP contribution >= 0.6 is 0 Å². The van der Waals surface area contributed by atoms with E-state index >= 15 is 0 Å². The molecule has 1 atom stereocenters. The van der Waals surface area contributed by atoms with E-state index in [0.29, 0.717) is 6.04 Å². The number of guanidine groups is 1. The van der Waals surface area contributed by atoms with Crippen LogP contribution in [0.5, 0.6) is 11.5 Å². The molecule has 6 nitrogen and oxygen atoms in total. The summed E-state index contributed by atoms with van der Waals surface area (Å²) < 4.78 is 10.8. The average Bonchev–Trinajstić information content (AvgIpc) is 3.36. The van der Waals surface area contributed by atoms with E-state index in [9.17, 15) is 0 Å². The minimum absolute atomic E-state index is 0.397. The normalized spacial score (nSPS) is 20.5. The summed E-state index contributed by atoms with van der Waals surface area (Å²) in [4.78, 5) is 7.10. The number of nitrogens with zero attached hydrogens (tertiary/aromatic N) is 2. The maximum absolute atomic E-state index is 5.39. The van der Waals surface area contributed by atoms with Crippen LogP contribution in [0.1, 0.15) is 26.2 Å². The third-order valence-corrected chi connectivity index (χ3v) is 4.78.